The summed E-state index contributed by atoms with van der Waals surface area (Å²) in [6, 6.07) is 4.16. The van der Waals surface area contributed by atoms with Crippen molar-refractivity contribution in [2.24, 2.45) is 5.73 Å². The highest BCUT2D eigenvalue weighted by Gasteiger charge is 2.27. The van der Waals surface area contributed by atoms with E-state index in [1.807, 2.05) is 17.8 Å². The smallest absolute Gasteiger partial charge is 0.121 e. The van der Waals surface area contributed by atoms with Gasteiger partial charge in [0.25, 0.3) is 0 Å². The molecule has 4 heteroatoms. The summed E-state index contributed by atoms with van der Waals surface area (Å²) in [6.07, 6.45) is 1.80. The fourth-order valence-corrected chi connectivity index (χ4v) is 2.39. The Morgan fingerprint density at radius 3 is 3.18 bits per heavy atom. The van der Waals surface area contributed by atoms with Crippen LogP contribution >= 0.6 is 11.8 Å². The lowest BCUT2D eigenvalue weighted by atomic mass is 9.95. The van der Waals surface area contributed by atoms with E-state index in [0.717, 1.165) is 5.69 Å². The Hall–Kier alpha value is -0.475. The van der Waals surface area contributed by atoms with Crippen molar-refractivity contribution in [3.05, 3.63) is 24.0 Å². The van der Waals surface area contributed by atoms with Crippen LogP contribution in [-0.2, 0) is 0 Å². The van der Waals surface area contributed by atoms with Crippen LogP contribution in [0.1, 0.15) is 11.7 Å². The van der Waals surface area contributed by atoms with Crippen molar-refractivity contribution < 1.29 is 0 Å². The molecule has 0 spiro atoms. The Morgan fingerprint density at radius 1 is 1.64 bits per heavy atom. The van der Waals surface area contributed by atoms with Gasteiger partial charge < -0.3 is 5.73 Å². The van der Waals surface area contributed by atoms with Gasteiger partial charge >= 0.3 is 0 Å². The topological polar surface area (TPSA) is 38.9 Å². The molecule has 2 nitrogen and oxygen atoms in total. The monoisotopic (exact) mass is 164 g/mol. The van der Waals surface area contributed by atoms with Gasteiger partial charge in [0.15, 0.2) is 0 Å². The van der Waals surface area contributed by atoms with Gasteiger partial charge in [0.2, 0.25) is 0 Å². The van der Waals surface area contributed by atoms with Crippen LogP contribution in [0.25, 0.3) is 0 Å². The third-order valence-corrected chi connectivity index (χ3v) is 3.20. The molecule has 2 atom stereocenters. The first-order valence-corrected chi connectivity index (χ1v) is 4.54. The Bertz CT molecular complexity index is 279. The summed E-state index contributed by atoms with van der Waals surface area (Å²) >= 11 is 1.81. The number of hydrogen-bond donors (Lipinski definition) is 1. The predicted octanol–water partition coefficient (Wildman–Crippen LogP) is 0.146. The Labute approximate surface area is 71.0 Å². The third-order valence-electron chi connectivity index (χ3n) is 1.93. The highest BCUT2D eigenvalue weighted by Crippen LogP contribution is 2.39. The highest BCUT2D eigenvalue weighted by molar-refractivity contribution is 8.01. The van der Waals surface area contributed by atoms with Crippen molar-refractivity contribution in [1.29, 1.82) is 0 Å². The van der Waals surface area contributed by atoms with E-state index >= 15 is 0 Å². The average molecular weight is 164 g/mol. The van der Waals surface area contributed by atoms with Gasteiger partial charge in [-0.3, -0.25) is 4.98 Å². The Balaban J connectivity index is 2.47. The number of aromatic nitrogens is 1. The number of rotatable bonds is 0. The normalized spacial score (nSPS) is 28.5. The Morgan fingerprint density at radius 2 is 2.45 bits per heavy atom. The molecule has 1 aliphatic heterocycles. The molecule has 0 bridgehead atoms. The number of nitrogens with two attached hydrogens (primary N) is 1. The summed E-state index contributed by atoms with van der Waals surface area (Å²) in [5, 5.41) is 0.472. The van der Waals surface area contributed by atoms with Crippen LogP contribution < -0.4 is 5.73 Å². The van der Waals surface area contributed by atoms with Crippen molar-refractivity contribution in [2.75, 3.05) is 0 Å². The minimum atomic E-state index is 0.121. The molecule has 0 radical (unpaired) electrons. The molecule has 11 heavy (non-hydrogen) atoms. The first kappa shape index (κ1) is 7.19. The van der Waals surface area contributed by atoms with Gasteiger partial charge in [0.1, 0.15) is 7.85 Å². The third kappa shape index (κ3) is 1.06. The SMILES string of the molecule is BC1Sc2cccnc2C1N. The summed E-state index contributed by atoms with van der Waals surface area (Å²) in [5.74, 6) is 0. The van der Waals surface area contributed by atoms with E-state index in [2.05, 4.69) is 18.9 Å². The zero-order valence-corrected chi connectivity index (χ0v) is 7.14. The van der Waals surface area contributed by atoms with E-state index in [1.54, 1.807) is 6.20 Å². The summed E-state index contributed by atoms with van der Waals surface area (Å²) < 4.78 is 0. The van der Waals surface area contributed by atoms with Crippen LogP contribution in [0.4, 0.5) is 0 Å². The summed E-state index contributed by atoms with van der Waals surface area (Å²) in [7, 11) is 2.14. The lowest BCUT2D eigenvalue weighted by Gasteiger charge is -2.06. The van der Waals surface area contributed by atoms with Crippen molar-refractivity contribution in [3.63, 3.8) is 0 Å². The molecule has 2 rings (SSSR count). The van der Waals surface area contributed by atoms with Gasteiger partial charge in [-0.2, -0.15) is 0 Å². The Kier molecular flexibility index (Phi) is 1.66. The van der Waals surface area contributed by atoms with Crippen molar-refractivity contribution in [1.82, 2.24) is 4.98 Å². The van der Waals surface area contributed by atoms with Crippen LogP contribution in [0, 0.1) is 0 Å². The first-order valence-electron chi connectivity index (χ1n) is 3.66. The molecule has 0 fully saturated rings. The molecule has 0 amide bonds. The quantitative estimate of drug-likeness (QED) is 0.554. The molecule has 56 valence electrons. The molecule has 0 saturated carbocycles. The summed E-state index contributed by atoms with van der Waals surface area (Å²) in [6.45, 7) is 0. The fourth-order valence-electron chi connectivity index (χ4n) is 1.25. The fraction of sp³-hybridized carbons (Fsp3) is 0.286. The summed E-state index contributed by atoms with van der Waals surface area (Å²) in [5.41, 5.74) is 6.97. The molecule has 1 aromatic heterocycles. The number of hydrogen-bond acceptors (Lipinski definition) is 3. The molecule has 1 aromatic rings. The minimum absolute atomic E-state index is 0.121. The maximum atomic E-state index is 5.91. The van der Waals surface area contributed by atoms with Crippen LogP contribution in [0.2, 0.25) is 0 Å². The van der Waals surface area contributed by atoms with Crippen LogP contribution in [0.5, 0.6) is 0 Å². The standard InChI is InChI=1S/C7H9BN2S/c8-7-5(9)6-4(11-7)2-1-3-10-6/h1-3,5,7H,8-9H2. The zero-order chi connectivity index (χ0) is 7.84. The van der Waals surface area contributed by atoms with Crippen molar-refractivity contribution >= 4 is 19.6 Å². The van der Waals surface area contributed by atoms with Gasteiger partial charge in [-0.1, -0.05) is 0 Å². The molecule has 0 aliphatic carbocycles. The van der Waals surface area contributed by atoms with Crippen LogP contribution in [0.15, 0.2) is 23.2 Å². The van der Waals surface area contributed by atoms with Gasteiger partial charge in [0, 0.05) is 11.1 Å². The van der Waals surface area contributed by atoms with Gasteiger partial charge in [-0.15, -0.1) is 11.8 Å². The van der Waals surface area contributed by atoms with E-state index in [0.29, 0.717) is 5.15 Å². The van der Waals surface area contributed by atoms with Crippen molar-refractivity contribution in [2.45, 2.75) is 16.1 Å². The largest absolute Gasteiger partial charge is 0.322 e. The first-order chi connectivity index (χ1) is 5.29. The summed E-state index contributed by atoms with van der Waals surface area (Å²) in [4.78, 5) is 5.49. The van der Waals surface area contributed by atoms with Gasteiger partial charge in [0.05, 0.1) is 11.7 Å². The second-order valence-electron chi connectivity index (χ2n) is 2.74. The average Bonchev–Trinajstić information content (AvgIpc) is 2.30. The molecule has 2 N–H and O–H groups in total. The maximum absolute atomic E-state index is 5.91. The zero-order valence-electron chi connectivity index (χ0n) is 6.32. The molecule has 2 heterocycles. The number of nitrogens with zero attached hydrogens (tertiary/aromatic N) is 1. The van der Waals surface area contributed by atoms with E-state index in [4.69, 9.17) is 5.73 Å². The molecule has 0 aromatic carbocycles. The molecular weight excluding hydrogens is 155 g/mol. The predicted molar refractivity (Wildman–Crippen MR) is 49.4 cm³/mol. The van der Waals surface area contributed by atoms with E-state index in [9.17, 15) is 0 Å². The van der Waals surface area contributed by atoms with E-state index in [-0.39, 0.29) is 6.04 Å². The second kappa shape index (κ2) is 2.53. The highest BCUT2D eigenvalue weighted by atomic mass is 32.2. The molecule has 2 unspecified atom stereocenters. The van der Waals surface area contributed by atoms with Crippen LogP contribution in [-0.4, -0.2) is 18.0 Å². The number of fused-ring (bicyclic) bond motifs is 1. The lowest BCUT2D eigenvalue weighted by Crippen LogP contribution is -2.19. The minimum Gasteiger partial charge on any atom is -0.322 e. The second-order valence-corrected chi connectivity index (χ2v) is 4.15. The number of thioether (sulfide) groups is 1. The molecular formula is C7H9BN2S. The van der Waals surface area contributed by atoms with Gasteiger partial charge in [-0.05, 0) is 17.3 Å². The van der Waals surface area contributed by atoms with Crippen molar-refractivity contribution in [3.8, 4) is 0 Å². The maximum Gasteiger partial charge on any atom is 0.121 e. The molecule has 0 saturated heterocycles. The number of pyridine rings is 1. The molecule has 1 aliphatic rings. The lowest BCUT2D eigenvalue weighted by molar-refractivity contribution is 0.762. The van der Waals surface area contributed by atoms with E-state index < -0.39 is 0 Å². The van der Waals surface area contributed by atoms with E-state index in [1.165, 1.54) is 4.90 Å². The van der Waals surface area contributed by atoms with Gasteiger partial charge in [-0.25, -0.2) is 0 Å². The van der Waals surface area contributed by atoms with Crippen LogP contribution in [0.3, 0.4) is 0 Å².